The number of aryl methyl sites for hydroxylation is 1. The lowest BCUT2D eigenvalue weighted by molar-refractivity contribution is 1.11. The summed E-state index contributed by atoms with van der Waals surface area (Å²) in [5, 5.41) is 8.41. The van der Waals surface area contributed by atoms with E-state index in [9.17, 15) is 0 Å². The molecule has 0 aliphatic heterocycles. The number of hydrogen-bond acceptors (Lipinski definition) is 3. The Morgan fingerprint density at radius 2 is 2.00 bits per heavy atom. The lowest BCUT2D eigenvalue weighted by atomic mass is 10.2. The van der Waals surface area contributed by atoms with Crippen LogP contribution in [0, 0.1) is 6.92 Å². The smallest absolute Gasteiger partial charge is 0.169 e. The van der Waals surface area contributed by atoms with Crippen molar-refractivity contribution in [3.05, 3.63) is 46.6 Å². The summed E-state index contributed by atoms with van der Waals surface area (Å²) in [6.45, 7) is 2.03. The van der Waals surface area contributed by atoms with Crippen molar-refractivity contribution >= 4 is 27.3 Å². The first-order chi connectivity index (χ1) is 8.65. The molecule has 3 rings (SSSR count). The van der Waals surface area contributed by atoms with Gasteiger partial charge in [-0.2, -0.15) is 0 Å². The van der Waals surface area contributed by atoms with E-state index in [0.717, 1.165) is 27.1 Å². The number of nitrogens with zero attached hydrogens (tertiary/aromatic N) is 3. The number of nitrogens with two attached hydrogens (primary N) is 1. The van der Waals surface area contributed by atoms with E-state index in [1.807, 2.05) is 47.9 Å². The summed E-state index contributed by atoms with van der Waals surface area (Å²) in [6, 6.07) is 9.68. The molecule has 5 heteroatoms. The average Bonchev–Trinajstić information content (AvgIpc) is 2.75. The standard InChI is InChI=1S/C13H11BrN4/c1-8-4-5-18-12(6-8)16-17-13(18)10-7-9(15)2-3-11(10)14/h2-7H,15H2,1H3. The fourth-order valence-electron chi connectivity index (χ4n) is 1.89. The molecule has 0 saturated carbocycles. The fourth-order valence-corrected chi connectivity index (χ4v) is 2.31. The van der Waals surface area contributed by atoms with E-state index >= 15 is 0 Å². The van der Waals surface area contributed by atoms with Gasteiger partial charge >= 0.3 is 0 Å². The Kier molecular flexibility index (Phi) is 2.56. The van der Waals surface area contributed by atoms with Gasteiger partial charge in [0.2, 0.25) is 0 Å². The van der Waals surface area contributed by atoms with Gasteiger partial charge in [-0.25, -0.2) is 0 Å². The van der Waals surface area contributed by atoms with Crippen molar-refractivity contribution < 1.29 is 0 Å². The number of rotatable bonds is 1. The lowest BCUT2D eigenvalue weighted by Gasteiger charge is -2.04. The molecule has 2 aromatic heterocycles. The van der Waals surface area contributed by atoms with Crippen LogP contribution in [0.2, 0.25) is 0 Å². The zero-order chi connectivity index (χ0) is 12.7. The Morgan fingerprint density at radius 3 is 2.83 bits per heavy atom. The lowest BCUT2D eigenvalue weighted by Crippen LogP contribution is -1.92. The predicted octanol–water partition coefficient (Wildman–Crippen LogP) is 3.05. The first kappa shape index (κ1) is 11.2. The molecule has 0 amide bonds. The van der Waals surface area contributed by atoms with Gasteiger partial charge in [-0.05, 0) is 42.8 Å². The number of fused-ring (bicyclic) bond motifs is 1. The number of nitrogen functional groups attached to an aromatic ring is 1. The maximum Gasteiger partial charge on any atom is 0.169 e. The number of benzene rings is 1. The van der Waals surface area contributed by atoms with Gasteiger partial charge in [-0.1, -0.05) is 15.9 Å². The van der Waals surface area contributed by atoms with Crippen LogP contribution in [0.4, 0.5) is 5.69 Å². The molecule has 2 heterocycles. The molecular formula is C13H11BrN4. The van der Waals surface area contributed by atoms with Crippen molar-refractivity contribution in [3.63, 3.8) is 0 Å². The number of aromatic nitrogens is 3. The number of hydrogen-bond donors (Lipinski definition) is 1. The molecular weight excluding hydrogens is 292 g/mol. The van der Waals surface area contributed by atoms with Crippen molar-refractivity contribution in [2.24, 2.45) is 0 Å². The van der Waals surface area contributed by atoms with Crippen molar-refractivity contribution in [1.82, 2.24) is 14.6 Å². The Morgan fingerprint density at radius 1 is 1.17 bits per heavy atom. The Balaban J connectivity index is 2.28. The van der Waals surface area contributed by atoms with Crippen molar-refractivity contribution in [2.75, 3.05) is 5.73 Å². The number of pyridine rings is 1. The van der Waals surface area contributed by atoms with E-state index in [-0.39, 0.29) is 0 Å². The second-order valence-electron chi connectivity index (χ2n) is 4.20. The van der Waals surface area contributed by atoms with Crippen LogP contribution in [0.1, 0.15) is 5.56 Å². The molecule has 0 fully saturated rings. The molecule has 1 aromatic carbocycles. The van der Waals surface area contributed by atoms with Gasteiger partial charge in [-0.3, -0.25) is 4.40 Å². The van der Waals surface area contributed by atoms with Gasteiger partial charge in [0.25, 0.3) is 0 Å². The SMILES string of the molecule is Cc1ccn2c(-c3cc(N)ccc3Br)nnc2c1. The first-order valence-corrected chi connectivity index (χ1v) is 6.31. The maximum atomic E-state index is 5.82. The summed E-state index contributed by atoms with van der Waals surface area (Å²) in [4.78, 5) is 0. The van der Waals surface area contributed by atoms with Crippen molar-refractivity contribution in [1.29, 1.82) is 0 Å². The molecule has 2 N–H and O–H groups in total. The van der Waals surface area contributed by atoms with Crippen LogP contribution >= 0.6 is 15.9 Å². The molecule has 3 aromatic rings. The average molecular weight is 303 g/mol. The molecule has 18 heavy (non-hydrogen) atoms. The number of halogens is 1. The van der Waals surface area contributed by atoms with Crippen molar-refractivity contribution in [2.45, 2.75) is 6.92 Å². The molecule has 0 spiro atoms. The number of anilines is 1. The van der Waals surface area contributed by atoms with Crippen LogP contribution in [0.5, 0.6) is 0 Å². The Labute approximate surface area is 113 Å². The van der Waals surface area contributed by atoms with Crippen LogP contribution in [0.15, 0.2) is 41.0 Å². The third-order valence-electron chi connectivity index (χ3n) is 2.80. The zero-order valence-electron chi connectivity index (χ0n) is 9.76. The normalized spacial score (nSPS) is 11.0. The summed E-state index contributed by atoms with van der Waals surface area (Å²) in [5.41, 5.74) is 9.46. The van der Waals surface area contributed by atoms with Gasteiger partial charge in [0.05, 0.1) is 0 Å². The third kappa shape index (κ3) is 1.76. The molecule has 0 radical (unpaired) electrons. The van der Waals surface area contributed by atoms with E-state index in [1.54, 1.807) is 0 Å². The molecule has 0 atom stereocenters. The van der Waals surface area contributed by atoms with Gasteiger partial charge < -0.3 is 5.73 Å². The predicted molar refractivity (Wildman–Crippen MR) is 75.3 cm³/mol. The summed E-state index contributed by atoms with van der Waals surface area (Å²) >= 11 is 3.52. The monoisotopic (exact) mass is 302 g/mol. The van der Waals surface area contributed by atoms with E-state index in [1.165, 1.54) is 0 Å². The molecule has 0 saturated heterocycles. The Bertz CT molecular complexity index is 733. The van der Waals surface area contributed by atoms with Crippen LogP contribution in [0.3, 0.4) is 0 Å². The van der Waals surface area contributed by atoms with E-state index in [0.29, 0.717) is 5.69 Å². The highest BCUT2D eigenvalue weighted by Gasteiger charge is 2.11. The van der Waals surface area contributed by atoms with Crippen LogP contribution in [0.25, 0.3) is 17.0 Å². The van der Waals surface area contributed by atoms with Gasteiger partial charge in [0.15, 0.2) is 11.5 Å². The topological polar surface area (TPSA) is 56.2 Å². The highest BCUT2D eigenvalue weighted by molar-refractivity contribution is 9.10. The molecule has 0 aliphatic carbocycles. The van der Waals surface area contributed by atoms with Gasteiger partial charge in [0, 0.05) is 21.9 Å². The minimum absolute atomic E-state index is 0.706. The minimum Gasteiger partial charge on any atom is -0.399 e. The quantitative estimate of drug-likeness (QED) is 0.703. The fraction of sp³-hybridized carbons (Fsp3) is 0.0769. The van der Waals surface area contributed by atoms with Crippen LogP contribution < -0.4 is 5.73 Å². The highest BCUT2D eigenvalue weighted by Crippen LogP contribution is 2.29. The van der Waals surface area contributed by atoms with Gasteiger partial charge in [0.1, 0.15) is 0 Å². The third-order valence-corrected chi connectivity index (χ3v) is 3.49. The van der Waals surface area contributed by atoms with E-state index in [4.69, 9.17) is 5.73 Å². The van der Waals surface area contributed by atoms with E-state index < -0.39 is 0 Å². The molecule has 0 aliphatic rings. The van der Waals surface area contributed by atoms with E-state index in [2.05, 4.69) is 26.1 Å². The maximum absolute atomic E-state index is 5.82. The molecule has 4 nitrogen and oxygen atoms in total. The van der Waals surface area contributed by atoms with Crippen LogP contribution in [-0.2, 0) is 0 Å². The molecule has 90 valence electrons. The largest absolute Gasteiger partial charge is 0.399 e. The molecule has 0 bridgehead atoms. The summed E-state index contributed by atoms with van der Waals surface area (Å²) in [7, 11) is 0. The minimum atomic E-state index is 0.706. The summed E-state index contributed by atoms with van der Waals surface area (Å²) < 4.78 is 2.90. The summed E-state index contributed by atoms with van der Waals surface area (Å²) in [5.74, 6) is 0.782. The second kappa shape index (κ2) is 4.10. The zero-order valence-corrected chi connectivity index (χ0v) is 11.3. The summed E-state index contributed by atoms with van der Waals surface area (Å²) in [6.07, 6.45) is 1.97. The van der Waals surface area contributed by atoms with Crippen LogP contribution in [-0.4, -0.2) is 14.6 Å². The molecule has 0 unspecified atom stereocenters. The first-order valence-electron chi connectivity index (χ1n) is 5.52. The van der Waals surface area contributed by atoms with Crippen molar-refractivity contribution in [3.8, 4) is 11.4 Å². The Hall–Kier alpha value is -1.88. The second-order valence-corrected chi connectivity index (χ2v) is 5.05. The van der Waals surface area contributed by atoms with Gasteiger partial charge in [-0.15, -0.1) is 10.2 Å². The highest BCUT2D eigenvalue weighted by atomic mass is 79.9.